The highest BCUT2D eigenvalue weighted by Crippen LogP contribution is 2.25. The number of halogens is 2. The van der Waals surface area contributed by atoms with Gasteiger partial charge < -0.3 is 10.1 Å². The fourth-order valence-electron chi connectivity index (χ4n) is 1.95. The molecule has 1 aromatic carbocycles. The van der Waals surface area contributed by atoms with E-state index in [1.165, 1.54) is 17.4 Å². The lowest BCUT2D eigenvalue weighted by Crippen LogP contribution is -2.18. The van der Waals surface area contributed by atoms with E-state index in [0.717, 1.165) is 15.8 Å². The molecule has 0 aliphatic carbocycles. The predicted molar refractivity (Wildman–Crippen MR) is 82.2 cm³/mol. The van der Waals surface area contributed by atoms with Crippen LogP contribution >= 0.6 is 22.9 Å². The summed E-state index contributed by atoms with van der Waals surface area (Å²) < 4.78 is 20.3. The lowest BCUT2D eigenvalue weighted by atomic mass is 10.1. The smallest absolute Gasteiger partial charge is 0.131 e. The van der Waals surface area contributed by atoms with E-state index in [9.17, 15) is 4.39 Å². The predicted octanol–water partition coefficient (Wildman–Crippen LogP) is 4.79. The third-order valence-electron chi connectivity index (χ3n) is 2.96. The maximum atomic E-state index is 14.0. The Labute approximate surface area is 127 Å². The van der Waals surface area contributed by atoms with Gasteiger partial charge in [0.05, 0.1) is 4.34 Å². The minimum Gasteiger partial charge on any atom is -0.488 e. The van der Waals surface area contributed by atoms with Gasteiger partial charge in [0.2, 0.25) is 0 Å². The molecule has 1 atom stereocenters. The highest BCUT2D eigenvalue weighted by Gasteiger charge is 2.11. The molecule has 1 heterocycles. The fourth-order valence-corrected chi connectivity index (χ4v) is 2.95. The van der Waals surface area contributed by atoms with E-state index in [1.54, 1.807) is 12.1 Å². The molecule has 2 rings (SSSR count). The van der Waals surface area contributed by atoms with Crippen molar-refractivity contribution < 1.29 is 9.13 Å². The molecule has 20 heavy (non-hydrogen) atoms. The summed E-state index contributed by atoms with van der Waals surface area (Å²) in [7, 11) is 0. The molecule has 0 saturated carbocycles. The number of hydrogen-bond donors (Lipinski definition) is 1. The van der Waals surface area contributed by atoms with Crippen LogP contribution in [0.4, 0.5) is 4.39 Å². The first kappa shape index (κ1) is 15.3. The normalized spacial score (nSPS) is 12.4. The molecule has 5 heteroatoms. The van der Waals surface area contributed by atoms with Crippen LogP contribution in [-0.2, 0) is 6.61 Å². The van der Waals surface area contributed by atoms with Gasteiger partial charge in [0.25, 0.3) is 0 Å². The van der Waals surface area contributed by atoms with Crippen molar-refractivity contribution in [1.29, 1.82) is 0 Å². The Morgan fingerprint density at radius 1 is 1.35 bits per heavy atom. The van der Waals surface area contributed by atoms with E-state index in [-0.39, 0.29) is 11.9 Å². The molecular weight excluding hydrogens is 297 g/mol. The summed E-state index contributed by atoms with van der Waals surface area (Å²) in [6.45, 7) is 5.14. The number of hydrogen-bond acceptors (Lipinski definition) is 3. The summed E-state index contributed by atoms with van der Waals surface area (Å²) in [4.78, 5) is 1.01. The number of nitrogens with one attached hydrogen (secondary N) is 1. The molecule has 0 aliphatic rings. The number of thiophene rings is 1. The standard InChI is InChI=1S/C15H17ClFNOS/c1-3-18-10(2)13-6-4-11(8-14(13)17)19-9-12-5-7-15(16)20-12/h4-8,10,18H,3,9H2,1-2H3. The van der Waals surface area contributed by atoms with Crippen molar-refractivity contribution in [3.8, 4) is 5.75 Å². The van der Waals surface area contributed by atoms with Crippen LogP contribution in [0, 0.1) is 5.82 Å². The minimum atomic E-state index is -0.250. The molecule has 0 fully saturated rings. The summed E-state index contributed by atoms with van der Waals surface area (Å²) in [6.07, 6.45) is 0. The number of benzene rings is 1. The van der Waals surface area contributed by atoms with Crippen LogP contribution in [0.15, 0.2) is 30.3 Å². The van der Waals surface area contributed by atoms with Crippen LogP contribution in [0.3, 0.4) is 0 Å². The van der Waals surface area contributed by atoms with E-state index in [0.29, 0.717) is 17.9 Å². The Morgan fingerprint density at radius 3 is 2.75 bits per heavy atom. The van der Waals surface area contributed by atoms with Crippen molar-refractivity contribution in [2.45, 2.75) is 26.5 Å². The summed E-state index contributed by atoms with van der Waals surface area (Å²) in [5.41, 5.74) is 0.651. The second kappa shape index (κ2) is 7.07. The second-order valence-corrected chi connectivity index (χ2v) is 6.26. The lowest BCUT2D eigenvalue weighted by Gasteiger charge is -2.14. The van der Waals surface area contributed by atoms with Gasteiger partial charge in [-0.3, -0.25) is 0 Å². The third kappa shape index (κ3) is 3.95. The molecule has 0 aliphatic heterocycles. The average molecular weight is 314 g/mol. The van der Waals surface area contributed by atoms with E-state index in [1.807, 2.05) is 26.0 Å². The van der Waals surface area contributed by atoms with Crippen molar-refractivity contribution >= 4 is 22.9 Å². The van der Waals surface area contributed by atoms with E-state index in [4.69, 9.17) is 16.3 Å². The van der Waals surface area contributed by atoms with Crippen LogP contribution in [-0.4, -0.2) is 6.54 Å². The van der Waals surface area contributed by atoms with Gasteiger partial charge in [0.1, 0.15) is 18.2 Å². The van der Waals surface area contributed by atoms with Crippen LogP contribution in [0.5, 0.6) is 5.75 Å². The Morgan fingerprint density at radius 2 is 2.15 bits per heavy atom. The topological polar surface area (TPSA) is 21.3 Å². The summed E-state index contributed by atoms with van der Waals surface area (Å²) in [5.74, 6) is 0.277. The maximum absolute atomic E-state index is 14.0. The molecule has 108 valence electrons. The Hall–Kier alpha value is -1.10. The highest BCUT2D eigenvalue weighted by molar-refractivity contribution is 7.16. The molecule has 0 radical (unpaired) electrons. The molecule has 2 nitrogen and oxygen atoms in total. The first-order valence-electron chi connectivity index (χ1n) is 6.50. The fraction of sp³-hybridized carbons (Fsp3) is 0.333. The highest BCUT2D eigenvalue weighted by atomic mass is 35.5. The lowest BCUT2D eigenvalue weighted by molar-refractivity contribution is 0.307. The molecule has 1 aromatic heterocycles. The Balaban J connectivity index is 2.01. The average Bonchev–Trinajstić information content (AvgIpc) is 2.82. The molecule has 1 N–H and O–H groups in total. The zero-order chi connectivity index (χ0) is 14.5. The van der Waals surface area contributed by atoms with Gasteiger partial charge in [-0.2, -0.15) is 0 Å². The zero-order valence-corrected chi connectivity index (χ0v) is 13.0. The molecule has 0 amide bonds. The quantitative estimate of drug-likeness (QED) is 0.828. The first-order chi connectivity index (χ1) is 9.60. The molecular formula is C15H17ClFNOS. The van der Waals surface area contributed by atoms with Gasteiger partial charge >= 0.3 is 0 Å². The van der Waals surface area contributed by atoms with Crippen molar-refractivity contribution in [1.82, 2.24) is 5.32 Å². The maximum Gasteiger partial charge on any atom is 0.131 e. The van der Waals surface area contributed by atoms with Crippen molar-refractivity contribution in [3.63, 3.8) is 0 Å². The molecule has 0 saturated heterocycles. The van der Waals surface area contributed by atoms with Gasteiger partial charge in [-0.15, -0.1) is 11.3 Å². The Kier molecular flexibility index (Phi) is 5.40. The molecule has 0 spiro atoms. The molecule has 2 aromatic rings. The van der Waals surface area contributed by atoms with Crippen LogP contribution < -0.4 is 10.1 Å². The van der Waals surface area contributed by atoms with Gasteiger partial charge in [-0.05, 0) is 31.7 Å². The van der Waals surface area contributed by atoms with Crippen molar-refractivity contribution in [2.75, 3.05) is 6.54 Å². The SMILES string of the molecule is CCNC(C)c1ccc(OCc2ccc(Cl)s2)cc1F. The monoisotopic (exact) mass is 313 g/mol. The van der Waals surface area contributed by atoms with E-state index >= 15 is 0 Å². The molecule has 0 bridgehead atoms. The zero-order valence-electron chi connectivity index (χ0n) is 11.5. The van der Waals surface area contributed by atoms with Crippen LogP contribution in [0.2, 0.25) is 4.34 Å². The van der Waals surface area contributed by atoms with Gasteiger partial charge in [0, 0.05) is 22.5 Å². The minimum absolute atomic E-state index is 0.00912. The van der Waals surface area contributed by atoms with Gasteiger partial charge in [-0.25, -0.2) is 4.39 Å². The molecule has 1 unspecified atom stereocenters. The van der Waals surface area contributed by atoms with Gasteiger partial charge in [0.15, 0.2) is 0 Å². The first-order valence-corrected chi connectivity index (χ1v) is 7.69. The van der Waals surface area contributed by atoms with Crippen LogP contribution in [0.25, 0.3) is 0 Å². The number of rotatable bonds is 6. The third-order valence-corrected chi connectivity index (χ3v) is 4.16. The van der Waals surface area contributed by atoms with Crippen molar-refractivity contribution in [2.24, 2.45) is 0 Å². The van der Waals surface area contributed by atoms with Crippen molar-refractivity contribution in [3.05, 3.63) is 50.9 Å². The summed E-state index contributed by atoms with van der Waals surface area (Å²) >= 11 is 7.31. The summed E-state index contributed by atoms with van der Waals surface area (Å²) in [5, 5.41) is 3.19. The van der Waals surface area contributed by atoms with E-state index in [2.05, 4.69) is 5.32 Å². The largest absolute Gasteiger partial charge is 0.488 e. The van der Waals surface area contributed by atoms with Crippen LogP contribution in [0.1, 0.15) is 30.3 Å². The summed E-state index contributed by atoms with van der Waals surface area (Å²) in [6, 6.07) is 8.71. The number of ether oxygens (including phenoxy) is 1. The van der Waals surface area contributed by atoms with Gasteiger partial charge in [-0.1, -0.05) is 24.6 Å². The second-order valence-electron chi connectivity index (χ2n) is 4.46. The Bertz CT molecular complexity index is 573. The van der Waals surface area contributed by atoms with E-state index < -0.39 is 0 Å².